The minimum absolute atomic E-state index is 0.314. The van der Waals surface area contributed by atoms with Crippen LogP contribution in [0.3, 0.4) is 0 Å². The van der Waals surface area contributed by atoms with E-state index in [1.807, 2.05) is 0 Å². The number of hydrogen-bond acceptors (Lipinski definition) is 7. The van der Waals surface area contributed by atoms with E-state index in [1.54, 1.807) is 20.8 Å². The highest BCUT2D eigenvalue weighted by Gasteiger charge is 2.29. The second-order valence-corrected chi connectivity index (χ2v) is 6.97. The number of ether oxygens (including phenoxy) is 1. The molecule has 0 saturated heterocycles. The molecule has 0 bridgehead atoms. The normalized spacial score (nSPS) is 15.1. The summed E-state index contributed by atoms with van der Waals surface area (Å²) in [6.07, 6.45) is -0.669. The van der Waals surface area contributed by atoms with Gasteiger partial charge in [-0.3, -0.25) is 13.6 Å². The summed E-state index contributed by atoms with van der Waals surface area (Å²) in [6.45, 7) is 8.21. The Bertz CT molecular complexity index is 386. The van der Waals surface area contributed by atoms with Crippen molar-refractivity contribution in [2.45, 2.75) is 38.5 Å². The van der Waals surface area contributed by atoms with Crippen LogP contribution >= 0.6 is 7.82 Å². The number of alkyl carbamates (subject to hydrolysis) is 1. The number of nitrogens with one attached hydrogen (secondary N) is 1. The smallest absolute Gasteiger partial charge is 0.444 e. The number of carbonyl (C=O) groups excluding carboxylic acids is 1. The van der Waals surface area contributed by atoms with Crippen molar-refractivity contribution in [3.8, 4) is 0 Å². The molecule has 0 saturated carbocycles. The molecule has 0 heterocycles. The highest BCUT2D eigenvalue weighted by Crippen LogP contribution is 2.47. The van der Waals surface area contributed by atoms with E-state index in [4.69, 9.17) is 9.26 Å². The summed E-state index contributed by atoms with van der Waals surface area (Å²) in [6, 6.07) is -0.920. The van der Waals surface area contributed by atoms with E-state index >= 15 is 0 Å². The van der Waals surface area contributed by atoms with Crippen molar-refractivity contribution in [2.24, 2.45) is 0 Å². The standard InChI is InChI=1S/C12H24NO7P/c1-7-10(14)9(8-19-21(16,17-5)18-6)13-11(15)20-12(2,3)4/h7,9-10,14H,1,8H2,2-6H3,(H,13,15)/t9-,10+/m0/s1. The Labute approximate surface area is 125 Å². The first kappa shape index (κ1) is 20.1. The SMILES string of the molecule is C=C[C@@H](O)[C@H](COP(=O)(OC)OC)NC(=O)OC(C)(C)C. The third kappa shape index (κ3) is 8.18. The quantitative estimate of drug-likeness (QED) is 0.518. The summed E-state index contributed by atoms with van der Waals surface area (Å²) in [5, 5.41) is 12.2. The van der Waals surface area contributed by atoms with Crippen LogP contribution in [0, 0.1) is 0 Å². The minimum Gasteiger partial charge on any atom is -0.444 e. The van der Waals surface area contributed by atoms with Gasteiger partial charge in [0.2, 0.25) is 0 Å². The Morgan fingerprint density at radius 3 is 2.29 bits per heavy atom. The molecule has 9 heteroatoms. The lowest BCUT2D eigenvalue weighted by atomic mass is 10.2. The molecule has 0 radical (unpaired) electrons. The monoisotopic (exact) mass is 325 g/mol. The van der Waals surface area contributed by atoms with Crippen LogP contribution in [0.15, 0.2) is 12.7 Å². The fraction of sp³-hybridized carbons (Fsp3) is 0.750. The van der Waals surface area contributed by atoms with Crippen molar-refractivity contribution in [3.05, 3.63) is 12.7 Å². The summed E-state index contributed by atoms with van der Waals surface area (Å²) in [7, 11) is -1.39. The molecular formula is C12H24NO7P. The van der Waals surface area contributed by atoms with Crippen molar-refractivity contribution in [3.63, 3.8) is 0 Å². The molecule has 0 aromatic carbocycles. The molecule has 0 fully saturated rings. The highest BCUT2D eigenvalue weighted by molar-refractivity contribution is 7.48. The van der Waals surface area contributed by atoms with Gasteiger partial charge in [0.05, 0.1) is 18.8 Å². The summed E-state index contributed by atoms with van der Waals surface area (Å²) >= 11 is 0. The van der Waals surface area contributed by atoms with E-state index in [2.05, 4.69) is 20.9 Å². The number of hydrogen-bond donors (Lipinski definition) is 2. The van der Waals surface area contributed by atoms with Gasteiger partial charge in [-0.1, -0.05) is 6.08 Å². The largest absolute Gasteiger partial charge is 0.474 e. The molecule has 21 heavy (non-hydrogen) atoms. The Morgan fingerprint density at radius 2 is 1.90 bits per heavy atom. The Hall–Kier alpha value is -0.920. The number of aliphatic hydroxyl groups excluding tert-OH is 1. The molecule has 0 rings (SSSR count). The zero-order chi connectivity index (χ0) is 16.7. The summed E-state index contributed by atoms with van der Waals surface area (Å²) in [4.78, 5) is 11.7. The fourth-order valence-electron chi connectivity index (χ4n) is 1.20. The van der Waals surface area contributed by atoms with Gasteiger partial charge in [-0.15, -0.1) is 6.58 Å². The van der Waals surface area contributed by atoms with Gasteiger partial charge >= 0.3 is 13.9 Å². The highest BCUT2D eigenvalue weighted by atomic mass is 31.2. The number of aliphatic hydroxyl groups is 1. The Balaban J connectivity index is 4.71. The number of phosphoric acid groups is 1. The second-order valence-electron chi connectivity index (χ2n) is 5.09. The molecule has 2 N–H and O–H groups in total. The average Bonchev–Trinajstić information content (AvgIpc) is 2.40. The molecule has 0 aliphatic rings. The zero-order valence-electron chi connectivity index (χ0n) is 13.0. The van der Waals surface area contributed by atoms with Crippen LogP contribution in [-0.2, 0) is 22.9 Å². The Kier molecular flexibility index (Phi) is 8.13. The third-order valence-electron chi connectivity index (χ3n) is 2.22. The van der Waals surface area contributed by atoms with Crippen LogP contribution in [0.4, 0.5) is 4.79 Å². The lowest BCUT2D eigenvalue weighted by Gasteiger charge is -2.26. The van der Waals surface area contributed by atoms with Gasteiger partial charge in [0.25, 0.3) is 0 Å². The van der Waals surface area contributed by atoms with Crippen LogP contribution in [0.5, 0.6) is 0 Å². The first-order chi connectivity index (χ1) is 9.56. The molecule has 8 nitrogen and oxygen atoms in total. The molecular weight excluding hydrogens is 301 g/mol. The van der Waals surface area contributed by atoms with Crippen LogP contribution in [0.2, 0.25) is 0 Å². The van der Waals surface area contributed by atoms with Crippen LogP contribution in [0.1, 0.15) is 20.8 Å². The fourth-order valence-corrected chi connectivity index (χ4v) is 1.90. The molecule has 0 aliphatic carbocycles. The molecule has 0 spiro atoms. The van der Waals surface area contributed by atoms with E-state index in [-0.39, 0.29) is 6.61 Å². The average molecular weight is 325 g/mol. The van der Waals surface area contributed by atoms with E-state index in [0.29, 0.717) is 0 Å². The Morgan fingerprint density at radius 1 is 1.38 bits per heavy atom. The van der Waals surface area contributed by atoms with Crippen LogP contribution in [0.25, 0.3) is 0 Å². The van der Waals surface area contributed by atoms with Crippen molar-refractivity contribution in [2.75, 3.05) is 20.8 Å². The second kappa shape index (κ2) is 8.51. The summed E-state index contributed by atoms with van der Waals surface area (Å²) in [5.41, 5.74) is -0.691. The van der Waals surface area contributed by atoms with Crippen molar-refractivity contribution in [1.29, 1.82) is 0 Å². The van der Waals surface area contributed by atoms with Gasteiger partial charge in [0, 0.05) is 14.2 Å². The molecule has 2 atom stereocenters. The molecule has 0 aromatic heterocycles. The van der Waals surface area contributed by atoms with Gasteiger partial charge in [-0.25, -0.2) is 9.36 Å². The number of rotatable bonds is 8. The molecule has 124 valence electrons. The predicted molar refractivity (Wildman–Crippen MR) is 76.9 cm³/mol. The predicted octanol–water partition coefficient (Wildman–Crippen LogP) is 1.84. The first-order valence-electron chi connectivity index (χ1n) is 6.23. The van der Waals surface area contributed by atoms with Crippen LogP contribution in [-0.4, -0.2) is 49.8 Å². The number of amides is 1. The van der Waals surface area contributed by atoms with E-state index < -0.39 is 31.7 Å². The summed E-state index contributed by atoms with van der Waals surface area (Å²) in [5.74, 6) is 0. The van der Waals surface area contributed by atoms with Gasteiger partial charge in [0.15, 0.2) is 0 Å². The number of phosphoric ester groups is 1. The topological polar surface area (TPSA) is 103 Å². The maximum Gasteiger partial charge on any atom is 0.474 e. The maximum atomic E-state index is 11.8. The lowest BCUT2D eigenvalue weighted by molar-refractivity contribution is 0.0390. The van der Waals surface area contributed by atoms with E-state index in [1.165, 1.54) is 6.08 Å². The zero-order valence-corrected chi connectivity index (χ0v) is 13.9. The first-order valence-corrected chi connectivity index (χ1v) is 7.69. The van der Waals surface area contributed by atoms with Crippen molar-refractivity contribution >= 4 is 13.9 Å². The number of carbonyl (C=O) groups is 1. The van der Waals surface area contributed by atoms with Gasteiger partial charge in [0.1, 0.15) is 5.60 Å². The molecule has 0 unspecified atom stereocenters. The minimum atomic E-state index is -3.71. The van der Waals surface area contributed by atoms with Crippen molar-refractivity contribution < 1.29 is 32.8 Å². The summed E-state index contributed by atoms with van der Waals surface area (Å²) < 4.78 is 31.0. The lowest BCUT2D eigenvalue weighted by Crippen LogP contribution is -2.47. The maximum absolute atomic E-state index is 11.8. The third-order valence-corrected chi connectivity index (χ3v) is 3.58. The van der Waals surface area contributed by atoms with Gasteiger partial charge in [-0.05, 0) is 20.8 Å². The van der Waals surface area contributed by atoms with Gasteiger partial charge < -0.3 is 15.2 Å². The molecule has 1 amide bonds. The van der Waals surface area contributed by atoms with Crippen molar-refractivity contribution in [1.82, 2.24) is 5.32 Å². The molecule has 0 aromatic rings. The van der Waals surface area contributed by atoms with E-state index in [0.717, 1.165) is 14.2 Å². The van der Waals surface area contributed by atoms with Gasteiger partial charge in [-0.2, -0.15) is 0 Å². The van der Waals surface area contributed by atoms with Crippen LogP contribution < -0.4 is 5.32 Å². The van der Waals surface area contributed by atoms with E-state index in [9.17, 15) is 14.5 Å². The molecule has 0 aliphatic heterocycles.